The van der Waals surface area contributed by atoms with Gasteiger partial charge in [0.15, 0.2) is 9.84 Å². The number of nitrogen functional groups attached to an aromatic ring is 1. The van der Waals surface area contributed by atoms with Gasteiger partial charge in [0.05, 0.1) is 10.6 Å². The Hall–Kier alpha value is -1.95. The zero-order valence-electron chi connectivity index (χ0n) is 10.7. The van der Waals surface area contributed by atoms with E-state index in [0.29, 0.717) is 17.3 Å². The molecule has 0 unspecified atom stereocenters. The van der Waals surface area contributed by atoms with Crippen LogP contribution in [0, 0.1) is 18.6 Å². The molecule has 0 aliphatic rings. The van der Waals surface area contributed by atoms with Gasteiger partial charge >= 0.3 is 0 Å². The molecule has 0 bridgehead atoms. The van der Waals surface area contributed by atoms with Crippen LogP contribution in [0.3, 0.4) is 0 Å². The minimum atomic E-state index is -3.71. The smallest absolute Gasteiger partial charge is 0.182 e. The standard InChI is InChI=1S/C14H13F2NO2S/c1-9-6-12(17)4-5-14(9)20(18,19)8-10-2-3-11(15)7-13(10)16/h2-7H,8,17H2,1H3. The van der Waals surface area contributed by atoms with E-state index in [1.54, 1.807) is 6.92 Å². The van der Waals surface area contributed by atoms with Crippen LogP contribution in [0.2, 0.25) is 0 Å². The van der Waals surface area contributed by atoms with Crippen molar-refractivity contribution in [1.29, 1.82) is 0 Å². The van der Waals surface area contributed by atoms with Crippen LogP contribution in [0.15, 0.2) is 41.3 Å². The van der Waals surface area contributed by atoms with Crippen molar-refractivity contribution in [2.24, 2.45) is 0 Å². The zero-order valence-corrected chi connectivity index (χ0v) is 11.5. The second kappa shape index (κ2) is 5.20. The number of rotatable bonds is 3. The maximum atomic E-state index is 13.5. The molecule has 0 aliphatic carbocycles. The molecule has 20 heavy (non-hydrogen) atoms. The fourth-order valence-corrected chi connectivity index (χ4v) is 3.57. The van der Waals surface area contributed by atoms with E-state index < -0.39 is 27.2 Å². The Morgan fingerprint density at radius 3 is 2.40 bits per heavy atom. The normalized spacial score (nSPS) is 11.6. The number of nitrogens with two attached hydrogens (primary N) is 1. The average Bonchev–Trinajstić information content (AvgIpc) is 2.32. The van der Waals surface area contributed by atoms with Gasteiger partial charge in [0, 0.05) is 17.3 Å². The first-order valence-electron chi connectivity index (χ1n) is 5.82. The molecular formula is C14H13F2NO2S. The van der Waals surface area contributed by atoms with Crippen molar-refractivity contribution in [3.8, 4) is 0 Å². The van der Waals surface area contributed by atoms with E-state index in [0.717, 1.165) is 12.1 Å². The summed E-state index contributed by atoms with van der Waals surface area (Å²) in [5.74, 6) is -2.14. The van der Waals surface area contributed by atoms with E-state index in [1.807, 2.05) is 0 Å². The quantitative estimate of drug-likeness (QED) is 0.886. The van der Waals surface area contributed by atoms with Crippen LogP contribution in [0.4, 0.5) is 14.5 Å². The van der Waals surface area contributed by atoms with Gasteiger partial charge in [0.1, 0.15) is 11.6 Å². The monoisotopic (exact) mass is 297 g/mol. The van der Waals surface area contributed by atoms with Crippen LogP contribution >= 0.6 is 0 Å². The highest BCUT2D eigenvalue weighted by Gasteiger charge is 2.20. The van der Waals surface area contributed by atoms with Crippen molar-refractivity contribution in [3.63, 3.8) is 0 Å². The molecule has 2 rings (SSSR count). The molecule has 0 heterocycles. The van der Waals surface area contributed by atoms with Gasteiger partial charge in [-0.3, -0.25) is 0 Å². The highest BCUT2D eigenvalue weighted by atomic mass is 32.2. The third-order valence-corrected chi connectivity index (χ3v) is 4.71. The molecule has 2 aromatic carbocycles. The topological polar surface area (TPSA) is 60.2 Å². The van der Waals surface area contributed by atoms with E-state index in [1.165, 1.54) is 18.2 Å². The summed E-state index contributed by atoms with van der Waals surface area (Å²) in [6, 6.07) is 7.23. The molecule has 3 nitrogen and oxygen atoms in total. The van der Waals surface area contributed by atoms with Crippen molar-refractivity contribution in [1.82, 2.24) is 0 Å². The average molecular weight is 297 g/mol. The number of halogens is 2. The van der Waals surface area contributed by atoms with Gasteiger partial charge in [-0.1, -0.05) is 6.07 Å². The Morgan fingerprint density at radius 1 is 1.10 bits per heavy atom. The van der Waals surface area contributed by atoms with Gasteiger partial charge in [-0.15, -0.1) is 0 Å². The molecule has 106 valence electrons. The van der Waals surface area contributed by atoms with Gasteiger partial charge in [0.2, 0.25) is 0 Å². The van der Waals surface area contributed by atoms with Crippen LogP contribution in [-0.4, -0.2) is 8.42 Å². The Bertz CT molecular complexity index is 758. The number of anilines is 1. The first-order valence-corrected chi connectivity index (χ1v) is 7.47. The van der Waals surface area contributed by atoms with E-state index in [2.05, 4.69) is 0 Å². The van der Waals surface area contributed by atoms with Gasteiger partial charge in [-0.05, 0) is 36.8 Å². The van der Waals surface area contributed by atoms with E-state index in [9.17, 15) is 17.2 Å². The number of benzene rings is 2. The van der Waals surface area contributed by atoms with Crippen LogP contribution in [0.1, 0.15) is 11.1 Å². The number of aryl methyl sites for hydroxylation is 1. The first-order chi connectivity index (χ1) is 9.29. The third-order valence-electron chi connectivity index (χ3n) is 2.89. The highest BCUT2D eigenvalue weighted by Crippen LogP contribution is 2.23. The highest BCUT2D eigenvalue weighted by molar-refractivity contribution is 7.90. The Kier molecular flexibility index (Phi) is 3.76. The molecule has 0 aliphatic heterocycles. The predicted octanol–water partition coefficient (Wildman–Crippen LogP) is 2.83. The number of sulfone groups is 1. The van der Waals surface area contributed by atoms with Crippen LogP contribution in [0.25, 0.3) is 0 Å². The lowest BCUT2D eigenvalue weighted by Gasteiger charge is -2.09. The molecule has 0 saturated carbocycles. The molecule has 2 N–H and O–H groups in total. The fourth-order valence-electron chi connectivity index (χ4n) is 1.94. The minimum absolute atomic E-state index is 0.0670. The molecule has 0 spiro atoms. The summed E-state index contributed by atoms with van der Waals surface area (Å²) in [6.45, 7) is 1.62. The first kappa shape index (κ1) is 14.5. The maximum Gasteiger partial charge on any atom is 0.182 e. The van der Waals surface area contributed by atoms with Crippen molar-refractivity contribution in [2.75, 3.05) is 5.73 Å². The number of hydrogen-bond acceptors (Lipinski definition) is 3. The lowest BCUT2D eigenvalue weighted by Crippen LogP contribution is -2.08. The summed E-state index contributed by atoms with van der Waals surface area (Å²) < 4.78 is 50.9. The van der Waals surface area contributed by atoms with Crippen molar-refractivity contribution in [2.45, 2.75) is 17.6 Å². The molecule has 6 heteroatoms. The second-order valence-corrected chi connectivity index (χ2v) is 6.48. The van der Waals surface area contributed by atoms with Crippen molar-refractivity contribution in [3.05, 3.63) is 59.2 Å². The number of hydrogen-bond donors (Lipinski definition) is 1. The maximum absolute atomic E-state index is 13.5. The molecule has 2 aromatic rings. The fraction of sp³-hybridized carbons (Fsp3) is 0.143. The molecular weight excluding hydrogens is 284 g/mol. The Labute approximate surface area is 116 Å². The predicted molar refractivity (Wildman–Crippen MR) is 72.8 cm³/mol. The van der Waals surface area contributed by atoms with Gasteiger partial charge < -0.3 is 5.73 Å². The van der Waals surface area contributed by atoms with Gasteiger partial charge in [-0.2, -0.15) is 0 Å². The van der Waals surface area contributed by atoms with E-state index >= 15 is 0 Å². The van der Waals surface area contributed by atoms with Gasteiger partial charge in [-0.25, -0.2) is 17.2 Å². The van der Waals surface area contributed by atoms with Crippen LogP contribution < -0.4 is 5.73 Å². The molecule has 0 radical (unpaired) electrons. The summed E-state index contributed by atoms with van der Waals surface area (Å²) >= 11 is 0. The largest absolute Gasteiger partial charge is 0.399 e. The molecule has 0 saturated heterocycles. The summed E-state index contributed by atoms with van der Waals surface area (Å²) in [5.41, 5.74) is 6.45. The van der Waals surface area contributed by atoms with E-state index in [-0.39, 0.29) is 10.5 Å². The summed E-state index contributed by atoms with van der Waals surface area (Å²) in [6.07, 6.45) is 0. The Morgan fingerprint density at radius 2 is 1.80 bits per heavy atom. The van der Waals surface area contributed by atoms with Crippen molar-refractivity contribution < 1.29 is 17.2 Å². The lowest BCUT2D eigenvalue weighted by molar-refractivity contribution is 0.569. The molecule has 0 amide bonds. The summed E-state index contributed by atoms with van der Waals surface area (Å²) in [4.78, 5) is 0.0930. The van der Waals surface area contributed by atoms with Crippen molar-refractivity contribution >= 4 is 15.5 Å². The lowest BCUT2D eigenvalue weighted by atomic mass is 10.2. The molecule has 0 aromatic heterocycles. The molecule has 0 atom stereocenters. The Balaban J connectivity index is 2.41. The summed E-state index contributed by atoms with van der Waals surface area (Å²) in [7, 11) is -3.71. The molecule has 0 fully saturated rings. The summed E-state index contributed by atoms with van der Waals surface area (Å²) in [5, 5.41) is 0. The SMILES string of the molecule is Cc1cc(N)ccc1S(=O)(=O)Cc1ccc(F)cc1F. The van der Waals surface area contributed by atoms with Gasteiger partial charge in [0.25, 0.3) is 0 Å². The third kappa shape index (κ3) is 2.96. The zero-order chi connectivity index (χ0) is 14.9. The minimum Gasteiger partial charge on any atom is -0.399 e. The van der Waals surface area contributed by atoms with Crippen LogP contribution in [0.5, 0.6) is 0 Å². The van der Waals surface area contributed by atoms with Crippen LogP contribution in [-0.2, 0) is 15.6 Å². The second-order valence-electron chi connectivity index (χ2n) is 4.52. The van der Waals surface area contributed by atoms with E-state index in [4.69, 9.17) is 5.73 Å².